The van der Waals surface area contributed by atoms with Crippen LogP contribution >= 0.6 is 23.2 Å². The highest BCUT2D eigenvalue weighted by molar-refractivity contribution is 6.35. The third-order valence-electron chi connectivity index (χ3n) is 4.98. The summed E-state index contributed by atoms with van der Waals surface area (Å²) in [5.74, 6) is -1.66. The highest BCUT2D eigenvalue weighted by atomic mass is 35.5. The molecule has 0 aliphatic carbocycles. The van der Waals surface area contributed by atoms with E-state index in [0.29, 0.717) is 23.0 Å². The van der Waals surface area contributed by atoms with Gasteiger partial charge >= 0.3 is 5.97 Å². The Morgan fingerprint density at radius 3 is 2.72 bits per heavy atom. The largest absolute Gasteiger partial charge is 0.465 e. The van der Waals surface area contributed by atoms with Gasteiger partial charge in [0.25, 0.3) is 0 Å². The molecule has 0 saturated heterocycles. The smallest absolute Gasteiger partial charge is 0.340 e. The molecular formula is C20H20Cl2FN3O3. The Hall–Kier alpha value is -2.51. The molecule has 0 aromatic heterocycles. The molecule has 0 fully saturated rings. The van der Waals surface area contributed by atoms with Crippen molar-refractivity contribution in [3.05, 3.63) is 56.8 Å². The molecule has 9 heteroatoms. The summed E-state index contributed by atoms with van der Waals surface area (Å²) in [6, 6.07) is 5.53. The van der Waals surface area contributed by atoms with E-state index in [1.165, 1.54) is 13.2 Å². The quantitative estimate of drug-likeness (QED) is 0.554. The molecule has 3 N–H and O–H groups in total. The summed E-state index contributed by atoms with van der Waals surface area (Å²) in [7, 11) is 1.18. The van der Waals surface area contributed by atoms with Gasteiger partial charge in [0.15, 0.2) is 0 Å². The number of anilines is 2. The first-order valence-corrected chi connectivity index (χ1v) is 9.67. The van der Waals surface area contributed by atoms with Gasteiger partial charge in [-0.1, -0.05) is 23.2 Å². The lowest BCUT2D eigenvalue weighted by Gasteiger charge is -2.36. The minimum absolute atomic E-state index is 0.0263. The van der Waals surface area contributed by atoms with Crippen molar-refractivity contribution in [2.75, 3.05) is 31.2 Å². The van der Waals surface area contributed by atoms with E-state index in [-0.39, 0.29) is 35.4 Å². The van der Waals surface area contributed by atoms with Crippen LogP contribution in [0.1, 0.15) is 34.5 Å². The van der Waals surface area contributed by atoms with Crippen LogP contribution in [-0.4, -0.2) is 37.0 Å². The van der Waals surface area contributed by atoms with E-state index in [1.54, 1.807) is 11.0 Å². The molecular weight excluding hydrogens is 420 g/mol. The Kier molecular flexibility index (Phi) is 6.19. The summed E-state index contributed by atoms with van der Waals surface area (Å²) >= 11 is 12.4. The number of nitrogens with zero attached hydrogens (tertiary/aromatic N) is 1. The molecule has 1 amide bonds. The molecule has 1 aliphatic rings. The Bertz CT molecular complexity index is 984. The number of amides is 1. The molecule has 1 atom stereocenters. The zero-order chi connectivity index (χ0) is 21.3. The lowest BCUT2D eigenvalue weighted by molar-refractivity contribution is -0.131. The van der Waals surface area contributed by atoms with Crippen LogP contribution in [0.15, 0.2) is 24.3 Å². The zero-order valence-electron chi connectivity index (χ0n) is 15.9. The van der Waals surface area contributed by atoms with Crippen molar-refractivity contribution in [2.45, 2.75) is 19.4 Å². The van der Waals surface area contributed by atoms with Crippen molar-refractivity contribution < 1.29 is 18.7 Å². The molecule has 1 unspecified atom stereocenters. The second-order valence-corrected chi connectivity index (χ2v) is 7.58. The number of nitrogens with two attached hydrogens (primary N) is 1. The molecule has 0 saturated carbocycles. The number of fused-ring (bicyclic) bond motifs is 1. The van der Waals surface area contributed by atoms with Crippen LogP contribution in [0.4, 0.5) is 15.8 Å². The van der Waals surface area contributed by atoms with Crippen molar-refractivity contribution in [2.24, 2.45) is 0 Å². The van der Waals surface area contributed by atoms with E-state index >= 15 is 0 Å². The minimum atomic E-state index is -0.734. The second kappa shape index (κ2) is 8.47. The maximum Gasteiger partial charge on any atom is 0.340 e. The van der Waals surface area contributed by atoms with Gasteiger partial charge in [0.1, 0.15) is 5.82 Å². The highest BCUT2D eigenvalue weighted by Gasteiger charge is 2.29. The fourth-order valence-corrected chi connectivity index (χ4v) is 4.22. The first-order valence-electron chi connectivity index (χ1n) is 8.91. The van der Waals surface area contributed by atoms with Crippen LogP contribution in [0.2, 0.25) is 10.0 Å². The minimum Gasteiger partial charge on any atom is -0.465 e. The third-order valence-corrected chi connectivity index (χ3v) is 5.51. The van der Waals surface area contributed by atoms with Gasteiger partial charge in [-0.3, -0.25) is 4.79 Å². The maximum atomic E-state index is 14.3. The predicted molar refractivity (Wildman–Crippen MR) is 111 cm³/mol. The number of nitrogens with one attached hydrogen (secondary N) is 1. The first-order chi connectivity index (χ1) is 13.7. The van der Waals surface area contributed by atoms with Gasteiger partial charge in [-0.25, -0.2) is 9.18 Å². The number of nitrogen functional groups attached to an aromatic ring is 1. The van der Waals surface area contributed by atoms with Crippen LogP contribution in [0.25, 0.3) is 0 Å². The van der Waals surface area contributed by atoms with Gasteiger partial charge in [-0.2, -0.15) is 0 Å². The third kappa shape index (κ3) is 4.26. The summed E-state index contributed by atoms with van der Waals surface area (Å²) in [5, 5.41) is 3.83. The maximum absolute atomic E-state index is 14.3. The van der Waals surface area contributed by atoms with E-state index in [1.807, 2.05) is 13.0 Å². The second-order valence-electron chi connectivity index (χ2n) is 6.74. The van der Waals surface area contributed by atoms with Gasteiger partial charge in [0.2, 0.25) is 5.91 Å². The van der Waals surface area contributed by atoms with Gasteiger partial charge in [0, 0.05) is 22.3 Å². The molecule has 0 spiro atoms. The van der Waals surface area contributed by atoms with E-state index in [2.05, 4.69) is 10.1 Å². The highest BCUT2D eigenvalue weighted by Crippen LogP contribution is 2.37. The Labute approximate surface area is 177 Å². The topological polar surface area (TPSA) is 84.7 Å². The Morgan fingerprint density at radius 1 is 1.31 bits per heavy atom. The lowest BCUT2D eigenvalue weighted by atomic mass is 9.93. The van der Waals surface area contributed by atoms with Gasteiger partial charge < -0.3 is 20.7 Å². The van der Waals surface area contributed by atoms with E-state index in [4.69, 9.17) is 28.9 Å². The van der Waals surface area contributed by atoms with Crippen LogP contribution in [0.5, 0.6) is 0 Å². The number of benzene rings is 2. The number of hydrogen-bond acceptors (Lipinski definition) is 5. The lowest BCUT2D eigenvalue weighted by Crippen LogP contribution is -2.42. The van der Waals surface area contributed by atoms with E-state index in [0.717, 1.165) is 17.2 Å². The van der Waals surface area contributed by atoms with Crippen LogP contribution in [0, 0.1) is 5.82 Å². The molecule has 1 aliphatic heterocycles. The fourth-order valence-electron chi connectivity index (χ4n) is 3.53. The van der Waals surface area contributed by atoms with Gasteiger partial charge in [0.05, 0.1) is 30.9 Å². The molecule has 0 radical (unpaired) electrons. The van der Waals surface area contributed by atoms with Crippen molar-refractivity contribution in [3.63, 3.8) is 0 Å². The molecule has 3 rings (SSSR count). The zero-order valence-corrected chi connectivity index (χ0v) is 17.4. The van der Waals surface area contributed by atoms with E-state index < -0.39 is 11.8 Å². The van der Waals surface area contributed by atoms with Crippen LogP contribution in [-0.2, 0) is 16.0 Å². The van der Waals surface area contributed by atoms with E-state index in [9.17, 15) is 14.0 Å². The number of hydrogen-bond donors (Lipinski definition) is 2. The number of ether oxygens (including phenoxy) is 1. The molecule has 154 valence electrons. The Morgan fingerprint density at radius 2 is 2.03 bits per heavy atom. The average Bonchev–Trinajstić information content (AvgIpc) is 2.67. The summed E-state index contributed by atoms with van der Waals surface area (Å²) in [6.45, 7) is 2.25. The summed E-state index contributed by atoms with van der Waals surface area (Å²) in [6.07, 6.45) is 0.626. The Balaban J connectivity index is 1.73. The molecule has 2 aromatic carbocycles. The number of carbonyl (C=O) groups excluding carboxylic acids is 2. The normalized spacial score (nSPS) is 15.6. The monoisotopic (exact) mass is 439 g/mol. The van der Waals surface area contributed by atoms with Gasteiger partial charge in [-0.15, -0.1) is 0 Å². The molecule has 29 heavy (non-hydrogen) atoms. The van der Waals surface area contributed by atoms with Crippen molar-refractivity contribution in [1.29, 1.82) is 0 Å². The first kappa shape index (κ1) is 21.2. The summed E-state index contributed by atoms with van der Waals surface area (Å²) in [5.41, 5.74) is 7.68. The molecule has 0 bridgehead atoms. The summed E-state index contributed by atoms with van der Waals surface area (Å²) < 4.78 is 18.9. The van der Waals surface area contributed by atoms with Gasteiger partial charge in [-0.05, 0) is 48.7 Å². The average molecular weight is 440 g/mol. The number of halogens is 3. The SMILES string of the molecule is COC(=O)c1cc(F)c(NCC(=O)N2CCc3cc(Cl)cc(Cl)c3C2C)cc1N. The fraction of sp³-hybridized carbons (Fsp3) is 0.300. The number of methoxy groups -OCH3 is 1. The van der Waals surface area contributed by atoms with Crippen molar-refractivity contribution in [1.82, 2.24) is 4.90 Å². The van der Waals surface area contributed by atoms with Crippen LogP contribution in [0.3, 0.4) is 0 Å². The van der Waals surface area contributed by atoms with Crippen molar-refractivity contribution >= 4 is 46.5 Å². The molecule has 6 nitrogen and oxygen atoms in total. The predicted octanol–water partition coefficient (Wildman–Crippen LogP) is 4.06. The standard InChI is InChI=1S/C20H20Cl2FN3O3/c1-10-19-11(5-12(21)6-14(19)22)3-4-26(10)18(27)9-25-17-8-16(24)13(7-15(17)23)20(28)29-2/h5-8,10,25H,3-4,9,24H2,1-2H3. The molecule has 1 heterocycles. The summed E-state index contributed by atoms with van der Waals surface area (Å²) in [4.78, 5) is 26.0. The molecule has 2 aromatic rings. The van der Waals surface area contributed by atoms with Crippen molar-refractivity contribution in [3.8, 4) is 0 Å². The van der Waals surface area contributed by atoms with Crippen LogP contribution < -0.4 is 11.1 Å². The number of rotatable bonds is 4. The number of carbonyl (C=O) groups is 2. The number of esters is 1.